The molecule has 1 saturated heterocycles. The number of nitrogens with two attached hydrogens (primary N) is 1. The number of hydrogen-bond donors (Lipinski definition) is 2. The molecule has 0 aromatic heterocycles. The number of hydrogen-bond acceptors (Lipinski definition) is 5. The van der Waals surface area contributed by atoms with E-state index in [0.717, 1.165) is 19.6 Å². The van der Waals surface area contributed by atoms with Crippen molar-refractivity contribution >= 4 is 11.7 Å². The van der Waals surface area contributed by atoms with Crippen molar-refractivity contribution in [1.82, 2.24) is 9.80 Å². The maximum absolute atomic E-state index is 12.3. The van der Waals surface area contributed by atoms with Crippen molar-refractivity contribution in [3.63, 3.8) is 0 Å². The van der Waals surface area contributed by atoms with Crippen LogP contribution in [0.15, 0.2) is 18.2 Å². The molecule has 1 aliphatic heterocycles. The molecular formula is C15H24N4O3. The van der Waals surface area contributed by atoms with E-state index in [9.17, 15) is 4.79 Å². The topological polar surface area (TPSA) is 80.1 Å². The molecule has 7 heteroatoms. The number of benzene rings is 1. The van der Waals surface area contributed by atoms with Gasteiger partial charge in [0, 0.05) is 51.0 Å². The van der Waals surface area contributed by atoms with Gasteiger partial charge in [-0.2, -0.15) is 0 Å². The summed E-state index contributed by atoms with van der Waals surface area (Å²) >= 11 is 0. The maximum Gasteiger partial charge on any atom is 0.321 e. The molecule has 1 heterocycles. The van der Waals surface area contributed by atoms with Gasteiger partial charge in [-0.15, -0.1) is 0 Å². The molecule has 0 aliphatic carbocycles. The predicted molar refractivity (Wildman–Crippen MR) is 85.6 cm³/mol. The summed E-state index contributed by atoms with van der Waals surface area (Å²) < 4.78 is 10.4. The van der Waals surface area contributed by atoms with Crippen molar-refractivity contribution in [3.8, 4) is 11.5 Å². The molecule has 0 unspecified atom stereocenters. The molecule has 1 fully saturated rings. The number of piperazine rings is 1. The number of carbonyl (C=O) groups is 1. The maximum atomic E-state index is 12.3. The summed E-state index contributed by atoms with van der Waals surface area (Å²) in [6.45, 7) is 4.66. The van der Waals surface area contributed by atoms with Crippen LogP contribution in [0, 0.1) is 0 Å². The lowest BCUT2D eigenvalue weighted by Crippen LogP contribution is -2.50. The van der Waals surface area contributed by atoms with Crippen LogP contribution >= 0.6 is 0 Å². The van der Waals surface area contributed by atoms with E-state index in [0.29, 0.717) is 36.8 Å². The third kappa shape index (κ3) is 4.02. The zero-order valence-electron chi connectivity index (χ0n) is 13.2. The third-order valence-corrected chi connectivity index (χ3v) is 3.74. The lowest BCUT2D eigenvalue weighted by Gasteiger charge is -2.34. The fourth-order valence-corrected chi connectivity index (χ4v) is 2.47. The van der Waals surface area contributed by atoms with Crippen LogP contribution in [-0.2, 0) is 0 Å². The predicted octanol–water partition coefficient (Wildman–Crippen LogP) is 0.812. The fraction of sp³-hybridized carbons (Fsp3) is 0.533. The number of anilines is 1. The molecule has 0 radical (unpaired) electrons. The highest BCUT2D eigenvalue weighted by atomic mass is 16.5. The minimum Gasteiger partial charge on any atom is -0.493 e. The number of urea groups is 1. The first-order valence-corrected chi connectivity index (χ1v) is 7.38. The average Bonchev–Trinajstić information content (AvgIpc) is 2.55. The van der Waals surface area contributed by atoms with Crippen LogP contribution in [0.5, 0.6) is 11.5 Å². The molecule has 1 aromatic rings. The molecular weight excluding hydrogens is 284 g/mol. The number of amides is 2. The first kappa shape index (κ1) is 16.4. The van der Waals surface area contributed by atoms with Crippen molar-refractivity contribution in [2.75, 3.05) is 58.8 Å². The van der Waals surface area contributed by atoms with Gasteiger partial charge in [-0.1, -0.05) is 0 Å². The lowest BCUT2D eigenvalue weighted by atomic mass is 10.2. The Kier molecular flexibility index (Phi) is 5.85. The molecule has 0 atom stereocenters. The van der Waals surface area contributed by atoms with Gasteiger partial charge in [0.2, 0.25) is 0 Å². The number of nitrogens with zero attached hydrogens (tertiary/aromatic N) is 2. The summed E-state index contributed by atoms with van der Waals surface area (Å²) in [6.07, 6.45) is 0. The molecule has 0 saturated carbocycles. The molecule has 0 spiro atoms. The second kappa shape index (κ2) is 7.86. The molecule has 22 heavy (non-hydrogen) atoms. The number of ether oxygens (including phenoxy) is 2. The first-order chi connectivity index (χ1) is 10.7. The fourth-order valence-electron chi connectivity index (χ4n) is 2.47. The summed E-state index contributed by atoms with van der Waals surface area (Å²) in [5, 5.41) is 2.89. The van der Waals surface area contributed by atoms with Crippen LogP contribution < -0.4 is 20.5 Å². The van der Waals surface area contributed by atoms with Crippen molar-refractivity contribution in [2.24, 2.45) is 5.73 Å². The van der Waals surface area contributed by atoms with E-state index < -0.39 is 0 Å². The summed E-state index contributed by atoms with van der Waals surface area (Å²) in [6, 6.07) is 5.22. The van der Waals surface area contributed by atoms with Crippen LogP contribution in [0.1, 0.15) is 0 Å². The standard InChI is InChI=1S/C15H24N4O3/c1-21-13-4-3-12(11-14(13)22-2)17-15(20)19-9-7-18(6-5-16)8-10-19/h3-4,11H,5-10,16H2,1-2H3,(H,17,20). The summed E-state index contributed by atoms with van der Waals surface area (Å²) in [5.41, 5.74) is 6.24. The quantitative estimate of drug-likeness (QED) is 0.841. The highest BCUT2D eigenvalue weighted by Crippen LogP contribution is 2.29. The van der Waals surface area contributed by atoms with Crippen LogP contribution in [0.25, 0.3) is 0 Å². The Bertz CT molecular complexity index is 502. The van der Waals surface area contributed by atoms with Gasteiger partial charge in [0.15, 0.2) is 11.5 Å². The van der Waals surface area contributed by atoms with Gasteiger partial charge in [0.05, 0.1) is 14.2 Å². The number of nitrogens with one attached hydrogen (secondary N) is 1. The summed E-state index contributed by atoms with van der Waals surface area (Å²) in [4.78, 5) is 16.4. The number of carbonyl (C=O) groups excluding carboxylic acids is 1. The third-order valence-electron chi connectivity index (χ3n) is 3.74. The molecule has 122 valence electrons. The summed E-state index contributed by atoms with van der Waals surface area (Å²) in [5.74, 6) is 1.23. The largest absolute Gasteiger partial charge is 0.493 e. The Balaban J connectivity index is 1.92. The van der Waals surface area contributed by atoms with E-state index in [1.165, 1.54) is 0 Å². The van der Waals surface area contributed by atoms with Gasteiger partial charge in [-0.05, 0) is 12.1 Å². The number of rotatable bonds is 5. The van der Waals surface area contributed by atoms with Crippen LogP contribution in [0.3, 0.4) is 0 Å². The Morgan fingerprint density at radius 3 is 2.45 bits per heavy atom. The van der Waals surface area contributed by atoms with Crippen LogP contribution in [0.2, 0.25) is 0 Å². The van der Waals surface area contributed by atoms with Gasteiger partial charge in [-0.25, -0.2) is 4.79 Å². The van der Waals surface area contributed by atoms with E-state index in [1.54, 1.807) is 32.4 Å². The molecule has 1 aliphatic rings. The van der Waals surface area contributed by atoms with E-state index >= 15 is 0 Å². The highest BCUT2D eigenvalue weighted by Gasteiger charge is 2.20. The van der Waals surface area contributed by atoms with E-state index in [4.69, 9.17) is 15.2 Å². The van der Waals surface area contributed by atoms with Gasteiger partial charge >= 0.3 is 6.03 Å². The van der Waals surface area contributed by atoms with E-state index in [1.807, 2.05) is 4.90 Å². The zero-order chi connectivity index (χ0) is 15.9. The Hall–Kier alpha value is -1.99. The number of methoxy groups -OCH3 is 2. The van der Waals surface area contributed by atoms with Gasteiger partial charge in [-0.3, -0.25) is 4.90 Å². The second-order valence-electron chi connectivity index (χ2n) is 5.12. The van der Waals surface area contributed by atoms with Gasteiger partial charge < -0.3 is 25.4 Å². The normalized spacial score (nSPS) is 15.5. The molecule has 3 N–H and O–H groups in total. The molecule has 1 aromatic carbocycles. The van der Waals surface area contributed by atoms with Gasteiger partial charge in [0.1, 0.15) is 0 Å². The Morgan fingerprint density at radius 1 is 1.18 bits per heavy atom. The minimum atomic E-state index is -0.0976. The van der Waals surface area contributed by atoms with Crippen molar-refractivity contribution < 1.29 is 14.3 Å². The SMILES string of the molecule is COc1ccc(NC(=O)N2CCN(CCN)CC2)cc1OC. The van der Waals surface area contributed by atoms with Crippen molar-refractivity contribution in [2.45, 2.75) is 0 Å². The van der Waals surface area contributed by atoms with Crippen molar-refractivity contribution in [1.29, 1.82) is 0 Å². The molecule has 2 rings (SSSR count). The molecule has 2 amide bonds. The minimum absolute atomic E-state index is 0.0976. The second-order valence-corrected chi connectivity index (χ2v) is 5.12. The summed E-state index contributed by atoms with van der Waals surface area (Å²) in [7, 11) is 3.15. The van der Waals surface area contributed by atoms with E-state index in [-0.39, 0.29) is 6.03 Å². The van der Waals surface area contributed by atoms with E-state index in [2.05, 4.69) is 10.2 Å². The van der Waals surface area contributed by atoms with Crippen LogP contribution in [-0.4, -0.2) is 69.3 Å². The zero-order valence-corrected chi connectivity index (χ0v) is 13.2. The highest BCUT2D eigenvalue weighted by molar-refractivity contribution is 5.89. The van der Waals surface area contributed by atoms with Gasteiger partial charge in [0.25, 0.3) is 0 Å². The Labute approximate surface area is 131 Å². The first-order valence-electron chi connectivity index (χ1n) is 7.38. The lowest BCUT2D eigenvalue weighted by molar-refractivity contribution is 0.149. The monoisotopic (exact) mass is 308 g/mol. The van der Waals surface area contributed by atoms with Crippen LogP contribution in [0.4, 0.5) is 10.5 Å². The molecule has 0 bridgehead atoms. The molecule has 7 nitrogen and oxygen atoms in total. The Morgan fingerprint density at radius 2 is 1.86 bits per heavy atom. The smallest absolute Gasteiger partial charge is 0.321 e. The van der Waals surface area contributed by atoms with Crippen molar-refractivity contribution in [3.05, 3.63) is 18.2 Å². The average molecular weight is 308 g/mol.